The van der Waals surface area contributed by atoms with E-state index in [1.54, 1.807) is 6.20 Å². The van der Waals surface area contributed by atoms with Crippen molar-refractivity contribution in [1.29, 1.82) is 0 Å². The molecule has 1 saturated heterocycles. The average molecular weight is 233 g/mol. The first-order valence-corrected chi connectivity index (χ1v) is 6.12. The molecule has 1 aromatic rings. The van der Waals surface area contributed by atoms with Crippen molar-refractivity contribution >= 4 is 5.91 Å². The minimum Gasteiger partial charge on any atom is -0.339 e. The first-order valence-electron chi connectivity index (χ1n) is 6.12. The largest absolute Gasteiger partial charge is 0.339 e. The molecule has 0 saturated carbocycles. The molecule has 0 aliphatic carbocycles. The van der Waals surface area contributed by atoms with E-state index in [1.165, 1.54) is 0 Å². The minimum atomic E-state index is 0.0907. The summed E-state index contributed by atoms with van der Waals surface area (Å²) in [4.78, 5) is 18.2. The third kappa shape index (κ3) is 2.82. The number of carbonyl (C=O) groups excluding carboxylic acids is 1. The predicted octanol–water partition coefficient (Wildman–Crippen LogP) is 1.20. The highest BCUT2D eigenvalue weighted by atomic mass is 16.2. The van der Waals surface area contributed by atoms with Gasteiger partial charge in [0.25, 0.3) is 5.91 Å². The van der Waals surface area contributed by atoms with Crippen molar-refractivity contribution in [3.63, 3.8) is 0 Å². The number of carbonyl (C=O) groups is 1. The molecule has 0 atom stereocenters. The Morgan fingerprint density at radius 2 is 2.18 bits per heavy atom. The van der Waals surface area contributed by atoms with Crippen molar-refractivity contribution in [2.24, 2.45) is 11.7 Å². The molecule has 0 aromatic carbocycles. The van der Waals surface area contributed by atoms with Crippen molar-refractivity contribution in [1.82, 2.24) is 9.88 Å². The van der Waals surface area contributed by atoms with Gasteiger partial charge in [-0.25, -0.2) is 0 Å². The fourth-order valence-electron chi connectivity index (χ4n) is 2.15. The maximum atomic E-state index is 12.2. The van der Waals surface area contributed by atoms with E-state index < -0.39 is 0 Å². The summed E-state index contributed by atoms with van der Waals surface area (Å²) < 4.78 is 0. The molecule has 4 heteroatoms. The molecule has 2 N–H and O–H groups in total. The van der Waals surface area contributed by atoms with Crippen LogP contribution in [0.2, 0.25) is 0 Å². The van der Waals surface area contributed by atoms with Gasteiger partial charge in [0.1, 0.15) is 0 Å². The first kappa shape index (κ1) is 12.0. The molecule has 1 fully saturated rings. The number of aryl methyl sites for hydroxylation is 1. The lowest BCUT2D eigenvalue weighted by molar-refractivity contribution is 0.0693. The summed E-state index contributed by atoms with van der Waals surface area (Å²) in [6.07, 6.45) is 3.69. The van der Waals surface area contributed by atoms with Crippen LogP contribution in [0, 0.1) is 12.8 Å². The third-order valence-corrected chi connectivity index (χ3v) is 3.39. The lowest BCUT2D eigenvalue weighted by atomic mass is 9.97. The second-order valence-corrected chi connectivity index (χ2v) is 4.66. The highest BCUT2D eigenvalue weighted by Gasteiger charge is 2.22. The Hall–Kier alpha value is -1.42. The average Bonchev–Trinajstić information content (AvgIpc) is 2.39. The lowest BCUT2D eigenvalue weighted by Crippen LogP contribution is -2.40. The Morgan fingerprint density at radius 3 is 2.71 bits per heavy atom. The Morgan fingerprint density at radius 1 is 1.47 bits per heavy atom. The van der Waals surface area contributed by atoms with Crippen LogP contribution in [0.1, 0.15) is 28.9 Å². The van der Waals surface area contributed by atoms with E-state index in [4.69, 9.17) is 5.73 Å². The number of hydrogen-bond donors (Lipinski definition) is 1. The van der Waals surface area contributed by atoms with Crippen molar-refractivity contribution in [2.45, 2.75) is 19.8 Å². The normalized spacial score (nSPS) is 17.2. The zero-order valence-electron chi connectivity index (χ0n) is 10.2. The van der Waals surface area contributed by atoms with Crippen molar-refractivity contribution in [3.05, 3.63) is 29.6 Å². The van der Waals surface area contributed by atoms with E-state index in [0.717, 1.165) is 38.2 Å². The molecule has 0 unspecified atom stereocenters. The zero-order chi connectivity index (χ0) is 12.3. The number of rotatable bonds is 2. The van der Waals surface area contributed by atoms with Gasteiger partial charge in [-0.2, -0.15) is 0 Å². The predicted molar refractivity (Wildman–Crippen MR) is 66.7 cm³/mol. The molecule has 17 heavy (non-hydrogen) atoms. The van der Waals surface area contributed by atoms with Crippen molar-refractivity contribution in [3.8, 4) is 0 Å². The van der Waals surface area contributed by atoms with Gasteiger partial charge >= 0.3 is 0 Å². The zero-order valence-corrected chi connectivity index (χ0v) is 10.2. The molecule has 1 aliphatic heterocycles. The monoisotopic (exact) mass is 233 g/mol. The van der Waals surface area contributed by atoms with E-state index in [-0.39, 0.29) is 5.91 Å². The van der Waals surface area contributed by atoms with Crippen LogP contribution >= 0.6 is 0 Å². The van der Waals surface area contributed by atoms with Crippen molar-refractivity contribution < 1.29 is 4.79 Å². The second kappa shape index (κ2) is 5.27. The highest BCUT2D eigenvalue weighted by Crippen LogP contribution is 2.17. The lowest BCUT2D eigenvalue weighted by Gasteiger charge is -2.31. The van der Waals surface area contributed by atoms with Gasteiger partial charge in [0.2, 0.25) is 0 Å². The van der Waals surface area contributed by atoms with Crippen LogP contribution in [0.25, 0.3) is 0 Å². The Bertz CT molecular complexity index is 380. The van der Waals surface area contributed by atoms with Crippen LogP contribution in [-0.2, 0) is 0 Å². The van der Waals surface area contributed by atoms with Gasteiger partial charge in [-0.1, -0.05) is 0 Å². The number of piperidine rings is 1. The van der Waals surface area contributed by atoms with Gasteiger partial charge in [0.05, 0.1) is 5.56 Å². The fourth-order valence-corrected chi connectivity index (χ4v) is 2.15. The Labute approximate surface area is 102 Å². The molecule has 1 amide bonds. The Kier molecular flexibility index (Phi) is 3.74. The summed E-state index contributed by atoms with van der Waals surface area (Å²) in [5.41, 5.74) is 7.26. The summed E-state index contributed by atoms with van der Waals surface area (Å²) in [6, 6.07) is 3.72. The molecule has 1 aromatic heterocycles. The Balaban J connectivity index is 1.99. The molecular formula is C13H19N3O. The molecular weight excluding hydrogens is 214 g/mol. The minimum absolute atomic E-state index is 0.0907. The maximum Gasteiger partial charge on any atom is 0.255 e. The van der Waals surface area contributed by atoms with Crippen LogP contribution < -0.4 is 5.73 Å². The first-order chi connectivity index (χ1) is 8.20. The molecule has 0 spiro atoms. The van der Waals surface area contributed by atoms with Crippen LogP contribution in [0.5, 0.6) is 0 Å². The number of hydrogen-bond acceptors (Lipinski definition) is 3. The number of likely N-dealkylation sites (tertiary alicyclic amines) is 1. The standard InChI is InChI=1S/C13H19N3O/c1-10-2-3-12(9-15-10)13(17)16-6-4-11(8-14)5-7-16/h2-3,9,11H,4-8,14H2,1H3. The smallest absolute Gasteiger partial charge is 0.255 e. The molecule has 2 rings (SSSR count). The van der Waals surface area contributed by atoms with E-state index in [2.05, 4.69) is 4.98 Å². The second-order valence-electron chi connectivity index (χ2n) is 4.66. The molecule has 4 nitrogen and oxygen atoms in total. The van der Waals surface area contributed by atoms with Crippen LogP contribution in [0.15, 0.2) is 18.3 Å². The van der Waals surface area contributed by atoms with Crippen LogP contribution in [0.3, 0.4) is 0 Å². The quantitative estimate of drug-likeness (QED) is 0.835. The number of pyridine rings is 1. The maximum absolute atomic E-state index is 12.2. The topological polar surface area (TPSA) is 59.2 Å². The van der Waals surface area contributed by atoms with Crippen molar-refractivity contribution in [2.75, 3.05) is 19.6 Å². The summed E-state index contributed by atoms with van der Waals surface area (Å²) in [5, 5.41) is 0. The molecule has 1 aliphatic rings. The summed E-state index contributed by atoms with van der Waals surface area (Å²) in [5.74, 6) is 0.670. The van der Waals surface area contributed by atoms with Gasteiger partial charge in [0, 0.05) is 25.0 Å². The number of nitrogens with two attached hydrogens (primary N) is 1. The molecule has 0 radical (unpaired) electrons. The summed E-state index contributed by atoms with van der Waals surface area (Å²) >= 11 is 0. The van der Waals surface area contributed by atoms with Crippen LogP contribution in [0.4, 0.5) is 0 Å². The van der Waals surface area contributed by atoms with Gasteiger partial charge in [-0.3, -0.25) is 9.78 Å². The van der Waals surface area contributed by atoms with E-state index in [1.807, 2.05) is 24.0 Å². The van der Waals surface area contributed by atoms with Gasteiger partial charge in [-0.15, -0.1) is 0 Å². The van der Waals surface area contributed by atoms with Gasteiger partial charge in [0.15, 0.2) is 0 Å². The number of amides is 1. The molecule has 92 valence electrons. The van der Waals surface area contributed by atoms with E-state index >= 15 is 0 Å². The van der Waals surface area contributed by atoms with Gasteiger partial charge in [-0.05, 0) is 44.4 Å². The van der Waals surface area contributed by atoms with Crippen LogP contribution in [-0.4, -0.2) is 35.4 Å². The van der Waals surface area contributed by atoms with Gasteiger partial charge < -0.3 is 10.6 Å². The highest BCUT2D eigenvalue weighted by molar-refractivity contribution is 5.93. The van der Waals surface area contributed by atoms with E-state index in [9.17, 15) is 4.79 Å². The number of nitrogens with zero attached hydrogens (tertiary/aromatic N) is 2. The summed E-state index contributed by atoms with van der Waals surface area (Å²) in [6.45, 7) is 4.28. The summed E-state index contributed by atoms with van der Waals surface area (Å²) in [7, 11) is 0. The fraction of sp³-hybridized carbons (Fsp3) is 0.538. The number of aromatic nitrogens is 1. The molecule has 0 bridgehead atoms. The molecule has 2 heterocycles. The van der Waals surface area contributed by atoms with E-state index in [0.29, 0.717) is 11.5 Å². The SMILES string of the molecule is Cc1ccc(C(=O)N2CCC(CN)CC2)cn1. The third-order valence-electron chi connectivity index (χ3n) is 3.39.